The third kappa shape index (κ3) is 4.45. The van der Waals surface area contributed by atoms with Crippen LogP contribution >= 0.6 is 22.9 Å². The van der Waals surface area contributed by atoms with Gasteiger partial charge in [0.05, 0.1) is 9.90 Å². The van der Waals surface area contributed by atoms with Gasteiger partial charge in [-0.15, -0.1) is 11.3 Å². The number of fused-ring (bicyclic) bond motifs is 1. The summed E-state index contributed by atoms with van der Waals surface area (Å²) in [5.41, 5.74) is 1.14. The Bertz CT molecular complexity index is 1190. The summed E-state index contributed by atoms with van der Waals surface area (Å²) >= 11 is 7.60. The Hall–Kier alpha value is -3.22. The van der Waals surface area contributed by atoms with E-state index in [1.165, 1.54) is 11.3 Å². The number of nitrogens with zero attached hydrogens (tertiary/aromatic N) is 1. The Morgan fingerprint density at radius 1 is 1.07 bits per heavy atom. The molecule has 2 heterocycles. The Morgan fingerprint density at radius 3 is 2.76 bits per heavy atom. The lowest BCUT2D eigenvalue weighted by Crippen LogP contribution is -2.20. The van der Waals surface area contributed by atoms with Crippen molar-refractivity contribution in [3.8, 4) is 5.75 Å². The molecule has 2 aromatic carbocycles. The van der Waals surface area contributed by atoms with Gasteiger partial charge >= 0.3 is 0 Å². The molecule has 0 saturated carbocycles. The summed E-state index contributed by atoms with van der Waals surface area (Å²) < 4.78 is 5.52. The van der Waals surface area contributed by atoms with E-state index in [0.717, 1.165) is 10.8 Å². The third-order valence-corrected chi connectivity index (χ3v) is 5.39. The summed E-state index contributed by atoms with van der Waals surface area (Å²) in [6.45, 7) is -0.202. The number of ether oxygens (including phenoxy) is 1. The molecule has 0 aliphatic carbocycles. The molecule has 1 N–H and O–H groups in total. The number of thiophene rings is 1. The van der Waals surface area contributed by atoms with E-state index < -0.39 is 0 Å². The maximum absolute atomic E-state index is 12.4. The molecule has 0 spiro atoms. The van der Waals surface area contributed by atoms with Crippen LogP contribution in [0.15, 0.2) is 72.4 Å². The largest absolute Gasteiger partial charge is 0.482 e. The van der Waals surface area contributed by atoms with Gasteiger partial charge in [0.25, 0.3) is 5.91 Å². The molecule has 4 rings (SSSR count). The zero-order valence-corrected chi connectivity index (χ0v) is 16.7. The average Bonchev–Trinajstić information content (AvgIpc) is 3.27. The molecule has 29 heavy (non-hydrogen) atoms. The number of hydrogen-bond acceptors (Lipinski definition) is 5. The van der Waals surface area contributed by atoms with Crippen LogP contribution in [-0.4, -0.2) is 23.3 Å². The summed E-state index contributed by atoms with van der Waals surface area (Å²) in [7, 11) is 0. The van der Waals surface area contributed by atoms with Crippen molar-refractivity contribution in [3.05, 3.63) is 87.8 Å². The number of amides is 1. The molecule has 0 aliphatic heterocycles. The van der Waals surface area contributed by atoms with E-state index in [4.69, 9.17) is 16.3 Å². The molecule has 0 fully saturated rings. The number of benzene rings is 2. The Morgan fingerprint density at radius 2 is 1.97 bits per heavy atom. The molecule has 0 atom stereocenters. The molecule has 2 aromatic heterocycles. The third-order valence-electron chi connectivity index (χ3n) is 4.22. The van der Waals surface area contributed by atoms with Crippen LogP contribution in [0.2, 0.25) is 5.02 Å². The standard InChI is InChI=1S/C22H15ClN2O3S/c23-18-11-15(22(27)20-2-1-9-29-20)4-6-19(18)28-13-21(26)25-17-5-3-16-12-24-8-7-14(16)10-17/h1-12H,13H2,(H,25,26). The summed E-state index contributed by atoms with van der Waals surface area (Å²) in [5.74, 6) is -0.0694. The van der Waals surface area contributed by atoms with Crippen LogP contribution in [0, 0.1) is 0 Å². The first kappa shape index (κ1) is 19.1. The van der Waals surface area contributed by atoms with E-state index in [0.29, 0.717) is 21.9 Å². The van der Waals surface area contributed by atoms with Gasteiger partial charge in [-0.2, -0.15) is 0 Å². The fourth-order valence-corrected chi connectivity index (χ4v) is 3.73. The van der Waals surface area contributed by atoms with Gasteiger partial charge in [-0.05, 0) is 53.2 Å². The summed E-state index contributed by atoms with van der Waals surface area (Å²) in [6.07, 6.45) is 3.46. The topological polar surface area (TPSA) is 68.3 Å². The first-order chi connectivity index (χ1) is 14.1. The van der Waals surface area contributed by atoms with Crippen LogP contribution in [0.1, 0.15) is 15.2 Å². The van der Waals surface area contributed by atoms with Crippen molar-refractivity contribution in [1.82, 2.24) is 4.98 Å². The van der Waals surface area contributed by atoms with Crippen molar-refractivity contribution in [2.75, 3.05) is 11.9 Å². The van der Waals surface area contributed by atoms with Crippen molar-refractivity contribution < 1.29 is 14.3 Å². The predicted molar refractivity (Wildman–Crippen MR) is 115 cm³/mol. The normalized spacial score (nSPS) is 10.7. The lowest BCUT2D eigenvalue weighted by atomic mass is 10.1. The molecule has 0 unspecified atom stereocenters. The van der Waals surface area contributed by atoms with Gasteiger partial charge in [-0.1, -0.05) is 23.7 Å². The molecule has 0 aliphatic rings. The number of nitrogens with one attached hydrogen (secondary N) is 1. The molecule has 1 amide bonds. The number of ketones is 1. The number of anilines is 1. The fraction of sp³-hybridized carbons (Fsp3) is 0.0455. The minimum Gasteiger partial charge on any atom is -0.482 e. The first-order valence-corrected chi connectivity index (χ1v) is 10.00. The van der Waals surface area contributed by atoms with Crippen molar-refractivity contribution in [3.63, 3.8) is 0 Å². The monoisotopic (exact) mass is 422 g/mol. The van der Waals surface area contributed by atoms with Crippen molar-refractivity contribution >= 4 is 51.1 Å². The van der Waals surface area contributed by atoms with Crippen LogP contribution < -0.4 is 10.1 Å². The van der Waals surface area contributed by atoms with Crippen molar-refractivity contribution in [2.45, 2.75) is 0 Å². The van der Waals surface area contributed by atoms with Gasteiger partial charge in [0, 0.05) is 29.0 Å². The number of carbonyl (C=O) groups is 2. The highest BCUT2D eigenvalue weighted by Gasteiger charge is 2.13. The molecule has 0 saturated heterocycles. The molecule has 0 bridgehead atoms. The number of aromatic nitrogens is 1. The number of halogens is 1. The van der Waals surface area contributed by atoms with E-state index in [1.54, 1.807) is 42.7 Å². The summed E-state index contributed by atoms with van der Waals surface area (Å²) in [4.78, 5) is 29.3. The predicted octanol–water partition coefficient (Wildman–Crippen LogP) is 5.20. The second-order valence-corrected chi connectivity index (χ2v) is 7.58. The Balaban J connectivity index is 1.39. The number of hydrogen-bond donors (Lipinski definition) is 1. The molecular formula is C22H15ClN2O3S. The van der Waals surface area contributed by atoms with Gasteiger partial charge in [-0.25, -0.2) is 0 Å². The molecule has 5 nitrogen and oxygen atoms in total. The minimum atomic E-state index is -0.312. The van der Waals surface area contributed by atoms with E-state index >= 15 is 0 Å². The highest BCUT2D eigenvalue weighted by Crippen LogP contribution is 2.27. The van der Waals surface area contributed by atoms with Gasteiger partial charge < -0.3 is 10.1 Å². The lowest BCUT2D eigenvalue weighted by molar-refractivity contribution is -0.118. The smallest absolute Gasteiger partial charge is 0.262 e. The first-order valence-electron chi connectivity index (χ1n) is 8.74. The van der Waals surface area contributed by atoms with Crippen LogP contribution in [0.5, 0.6) is 5.75 Å². The quantitative estimate of drug-likeness (QED) is 0.434. The number of rotatable bonds is 6. The maximum atomic E-state index is 12.4. The molecule has 4 aromatic rings. The van der Waals surface area contributed by atoms with Crippen LogP contribution in [0.25, 0.3) is 10.8 Å². The zero-order valence-electron chi connectivity index (χ0n) is 15.1. The Kier molecular flexibility index (Phi) is 5.55. The summed E-state index contributed by atoms with van der Waals surface area (Å²) in [5, 5.41) is 6.88. The second kappa shape index (κ2) is 8.43. The van der Waals surface area contributed by atoms with Gasteiger partial charge in [0.15, 0.2) is 6.61 Å². The highest BCUT2D eigenvalue weighted by molar-refractivity contribution is 7.12. The van der Waals surface area contributed by atoms with Crippen molar-refractivity contribution in [1.29, 1.82) is 0 Å². The van der Waals surface area contributed by atoms with Crippen LogP contribution in [-0.2, 0) is 4.79 Å². The van der Waals surface area contributed by atoms with Gasteiger partial charge in [0.2, 0.25) is 5.78 Å². The van der Waals surface area contributed by atoms with E-state index in [2.05, 4.69) is 10.3 Å². The van der Waals surface area contributed by atoms with Crippen LogP contribution in [0.3, 0.4) is 0 Å². The lowest BCUT2D eigenvalue weighted by Gasteiger charge is -2.10. The van der Waals surface area contributed by atoms with Gasteiger partial charge in [-0.3, -0.25) is 14.6 Å². The fourth-order valence-electron chi connectivity index (χ4n) is 2.81. The average molecular weight is 423 g/mol. The summed E-state index contributed by atoms with van der Waals surface area (Å²) in [6, 6.07) is 15.8. The second-order valence-electron chi connectivity index (χ2n) is 6.23. The van der Waals surface area contributed by atoms with Gasteiger partial charge in [0.1, 0.15) is 5.75 Å². The van der Waals surface area contributed by atoms with Crippen LogP contribution in [0.4, 0.5) is 5.69 Å². The van der Waals surface area contributed by atoms with E-state index in [9.17, 15) is 9.59 Å². The maximum Gasteiger partial charge on any atom is 0.262 e. The minimum absolute atomic E-state index is 0.0994. The zero-order chi connectivity index (χ0) is 20.2. The van der Waals surface area contributed by atoms with Crippen molar-refractivity contribution in [2.24, 2.45) is 0 Å². The molecule has 0 radical (unpaired) electrons. The molecule has 144 valence electrons. The molecule has 7 heteroatoms. The van der Waals surface area contributed by atoms with E-state index in [-0.39, 0.29) is 23.3 Å². The SMILES string of the molecule is O=C(COc1ccc(C(=O)c2cccs2)cc1Cl)Nc1ccc2cnccc2c1. The Labute approximate surface area is 175 Å². The number of carbonyl (C=O) groups excluding carboxylic acids is 2. The van der Waals surface area contributed by atoms with E-state index in [1.807, 2.05) is 29.6 Å². The molecular weight excluding hydrogens is 408 g/mol. The number of pyridine rings is 1. The highest BCUT2D eigenvalue weighted by atomic mass is 35.5.